The van der Waals surface area contributed by atoms with E-state index in [1.807, 2.05) is 5.32 Å². The first kappa shape index (κ1) is 22.9. The Morgan fingerprint density at radius 2 is 1.74 bits per heavy atom. The zero-order chi connectivity index (χ0) is 23.0. The Hall–Kier alpha value is -2.73. The normalized spacial score (nSPS) is 15.2. The van der Waals surface area contributed by atoms with E-state index in [4.69, 9.17) is 18.0 Å². The van der Waals surface area contributed by atoms with Gasteiger partial charge in [0.05, 0.1) is 12.7 Å². The maximum atomic E-state index is 14.1. The molecule has 1 aliphatic rings. The van der Waals surface area contributed by atoms with E-state index in [1.165, 1.54) is 11.3 Å². The van der Waals surface area contributed by atoms with E-state index in [2.05, 4.69) is 17.0 Å². The monoisotopic (exact) mass is 475 g/mol. The molecule has 31 heavy (non-hydrogen) atoms. The second-order valence-corrected chi connectivity index (χ2v) is 8.51. The molecule has 0 saturated heterocycles. The van der Waals surface area contributed by atoms with Crippen molar-refractivity contribution in [2.45, 2.75) is 26.2 Å². The number of halogens is 4. The van der Waals surface area contributed by atoms with Crippen LogP contribution in [0.1, 0.15) is 44.5 Å². The van der Waals surface area contributed by atoms with Crippen molar-refractivity contribution in [1.29, 1.82) is 0 Å². The number of carbonyl (C=O) groups excluding carboxylic acids is 2. The molecule has 1 atom stereocenters. The lowest BCUT2D eigenvalue weighted by Gasteiger charge is -2.18. The molecule has 0 fully saturated rings. The summed E-state index contributed by atoms with van der Waals surface area (Å²) < 4.78 is 60.3. The number of hydrogen-bond acceptors (Lipinski definition) is 5. The predicted octanol–water partition coefficient (Wildman–Crippen LogP) is 3.66. The van der Waals surface area contributed by atoms with Crippen molar-refractivity contribution in [3.05, 3.63) is 44.8 Å². The molecule has 0 unspecified atom stereocenters. The lowest BCUT2D eigenvalue weighted by Crippen LogP contribution is -2.36. The molecule has 3 rings (SSSR count). The van der Waals surface area contributed by atoms with Crippen molar-refractivity contribution in [3.8, 4) is 5.75 Å². The van der Waals surface area contributed by atoms with Crippen LogP contribution in [0.15, 0.2) is 0 Å². The lowest BCUT2D eigenvalue weighted by atomic mass is 9.88. The van der Waals surface area contributed by atoms with Crippen LogP contribution >= 0.6 is 23.6 Å². The van der Waals surface area contributed by atoms with Gasteiger partial charge in [-0.15, -0.1) is 11.3 Å². The molecule has 0 bridgehead atoms. The smallest absolute Gasteiger partial charge is 0.263 e. The first-order chi connectivity index (χ1) is 14.6. The van der Waals surface area contributed by atoms with Gasteiger partial charge in [-0.1, -0.05) is 6.92 Å². The summed E-state index contributed by atoms with van der Waals surface area (Å²) >= 11 is 6.20. The van der Waals surface area contributed by atoms with E-state index < -0.39 is 51.5 Å². The summed E-state index contributed by atoms with van der Waals surface area (Å²) in [6, 6.07) is 0. The fourth-order valence-corrected chi connectivity index (χ4v) is 5.07. The fraction of sp³-hybridized carbons (Fsp3) is 0.316. The molecule has 166 valence electrons. The molecule has 0 radical (unpaired) electrons. The Morgan fingerprint density at radius 3 is 2.29 bits per heavy atom. The molecule has 1 aliphatic carbocycles. The molecule has 0 aliphatic heterocycles. The number of benzene rings is 1. The Bertz CT molecular complexity index is 1070. The number of fused-ring (bicyclic) bond motifs is 1. The number of carbonyl (C=O) groups is 2. The molecular weight excluding hydrogens is 458 g/mol. The fourth-order valence-electron chi connectivity index (χ4n) is 3.39. The van der Waals surface area contributed by atoms with Gasteiger partial charge in [-0.3, -0.25) is 14.9 Å². The number of rotatable bonds is 4. The molecular formula is C19H17F4N3O3S2. The minimum atomic E-state index is -1.94. The number of amides is 2. The number of thiophene rings is 1. The summed E-state index contributed by atoms with van der Waals surface area (Å²) in [6.07, 6.45) is 2.26. The molecule has 1 aromatic heterocycles. The van der Waals surface area contributed by atoms with Gasteiger partial charge in [0.25, 0.3) is 11.8 Å². The van der Waals surface area contributed by atoms with Crippen LogP contribution in [-0.4, -0.2) is 24.0 Å². The number of methoxy groups -OCH3 is 1. The number of hydrogen-bond donors (Lipinski definition) is 3. The Balaban J connectivity index is 1.86. The van der Waals surface area contributed by atoms with Crippen molar-refractivity contribution in [1.82, 2.24) is 5.32 Å². The molecule has 2 aromatic rings. The van der Waals surface area contributed by atoms with Gasteiger partial charge in [-0.05, 0) is 43.0 Å². The van der Waals surface area contributed by atoms with E-state index in [1.54, 1.807) is 0 Å². The maximum Gasteiger partial charge on any atom is 0.263 e. The number of nitrogens with one attached hydrogen (secondary N) is 2. The highest BCUT2D eigenvalue weighted by atomic mass is 32.1. The van der Waals surface area contributed by atoms with Crippen LogP contribution < -0.4 is 21.1 Å². The lowest BCUT2D eigenvalue weighted by molar-refractivity contribution is 0.0964. The standard InChI is InChI=1S/C19H17F4N3O3S2/c1-6-3-4-7-8(5-6)31-18(9(7)16(24)27)26-19(30)25-17(28)10-11(20)13(22)15(29-2)14(23)12(10)21/h6H,3-5H2,1-2H3,(H2,24,27)(H2,25,26,28,30)/t6-/m1/s1. The van der Waals surface area contributed by atoms with Crippen LogP contribution in [0.25, 0.3) is 0 Å². The Kier molecular flexibility index (Phi) is 6.51. The molecule has 4 N–H and O–H groups in total. The third-order valence-corrected chi connectivity index (χ3v) is 6.24. The number of thiocarbonyl (C=S) groups is 1. The first-order valence-corrected chi connectivity index (χ1v) is 10.3. The number of ether oxygens (including phenoxy) is 1. The van der Waals surface area contributed by atoms with E-state index >= 15 is 0 Å². The van der Waals surface area contributed by atoms with Gasteiger partial charge < -0.3 is 15.8 Å². The molecule has 0 spiro atoms. The van der Waals surface area contributed by atoms with Crippen molar-refractivity contribution < 1.29 is 31.9 Å². The van der Waals surface area contributed by atoms with Gasteiger partial charge >= 0.3 is 0 Å². The van der Waals surface area contributed by atoms with Crippen molar-refractivity contribution in [3.63, 3.8) is 0 Å². The molecule has 1 heterocycles. The highest BCUT2D eigenvalue weighted by Crippen LogP contribution is 2.39. The molecule has 1 aromatic carbocycles. The summed E-state index contributed by atoms with van der Waals surface area (Å²) in [4.78, 5) is 25.2. The van der Waals surface area contributed by atoms with Crippen LogP contribution in [0.2, 0.25) is 0 Å². The van der Waals surface area contributed by atoms with Crippen LogP contribution in [0.4, 0.5) is 22.6 Å². The second kappa shape index (κ2) is 8.79. The minimum Gasteiger partial charge on any atom is -0.491 e. The molecule has 6 nitrogen and oxygen atoms in total. The summed E-state index contributed by atoms with van der Waals surface area (Å²) in [5.41, 5.74) is 5.00. The van der Waals surface area contributed by atoms with Crippen molar-refractivity contribution >= 4 is 45.5 Å². The SMILES string of the molecule is COc1c(F)c(F)c(C(=O)NC(=S)Nc2sc3c(c2C(N)=O)CC[C@@H](C)C3)c(F)c1F. The first-order valence-electron chi connectivity index (χ1n) is 9.03. The quantitative estimate of drug-likeness (QED) is 0.357. The summed E-state index contributed by atoms with van der Waals surface area (Å²) in [6.45, 7) is 2.07. The van der Waals surface area contributed by atoms with Gasteiger partial charge in [0.1, 0.15) is 10.6 Å². The summed E-state index contributed by atoms with van der Waals surface area (Å²) in [5, 5.41) is 4.40. The third-order valence-electron chi connectivity index (χ3n) is 4.87. The molecule has 2 amide bonds. The van der Waals surface area contributed by atoms with E-state index in [-0.39, 0.29) is 10.6 Å². The number of anilines is 1. The Labute approximate surface area is 183 Å². The van der Waals surface area contributed by atoms with Crippen LogP contribution in [0.3, 0.4) is 0 Å². The second-order valence-electron chi connectivity index (χ2n) is 6.99. The van der Waals surface area contributed by atoms with Crippen molar-refractivity contribution in [2.75, 3.05) is 12.4 Å². The Morgan fingerprint density at radius 1 is 1.13 bits per heavy atom. The third kappa shape index (κ3) is 4.22. The van der Waals surface area contributed by atoms with Crippen molar-refractivity contribution in [2.24, 2.45) is 11.7 Å². The highest BCUT2D eigenvalue weighted by molar-refractivity contribution is 7.80. The van der Waals surface area contributed by atoms with E-state index in [0.717, 1.165) is 30.4 Å². The van der Waals surface area contributed by atoms with E-state index in [9.17, 15) is 27.2 Å². The number of nitrogens with two attached hydrogens (primary N) is 1. The van der Waals surface area contributed by atoms with Gasteiger partial charge in [0, 0.05) is 4.88 Å². The van der Waals surface area contributed by atoms with Gasteiger partial charge in [0.2, 0.25) is 11.6 Å². The minimum absolute atomic E-state index is 0.224. The van der Waals surface area contributed by atoms with Gasteiger partial charge in [-0.2, -0.15) is 8.78 Å². The van der Waals surface area contributed by atoms with Gasteiger partial charge in [0.15, 0.2) is 22.5 Å². The maximum absolute atomic E-state index is 14.1. The number of primary amides is 1. The summed E-state index contributed by atoms with van der Waals surface area (Å²) in [5.74, 6) is -10.7. The zero-order valence-corrected chi connectivity index (χ0v) is 18.0. The molecule has 12 heteroatoms. The average Bonchev–Trinajstić information content (AvgIpc) is 3.03. The van der Waals surface area contributed by atoms with E-state index in [0.29, 0.717) is 12.3 Å². The molecule has 0 saturated carbocycles. The van der Waals surface area contributed by atoms with Crippen LogP contribution in [0.5, 0.6) is 5.75 Å². The average molecular weight is 475 g/mol. The summed E-state index contributed by atoms with van der Waals surface area (Å²) in [7, 11) is 0.816. The highest BCUT2D eigenvalue weighted by Gasteiger charge is 2.31. The topological polar surface area (TPSA) is 93.4 Å². The van der Waals surface area contributed by atoms with Gasteiger partial charge in [-0.25, -0.2) is 8.78 Å². The zero-order valence-electron chi connectivity index (χ0n) is 16.3. The largest absolute Gasteiger partial charge is 0.491 e. The van der Waals surface area contributed by atoms with Crippen LogP contribution in [0, 0.1) is 29.2 Å². The van der Waals surface area contributed by atoms with Crippen LogP contribution in [-0.2, 0) is 12.8 Å². The predicted molar refractivity (Wildman–Crippen MR) is 111 cm³/mol.